The number of thiocarbonyl (C=S) groups is 1. The van der Waals surface area contributed by atoms with Crippen LogP contribution in [0.5, 0.6) is 0 Å². The van der Waals surface area contributed by atoms with Crippen molar-refractivity contribution < 1.29 is 9.90 Å². The number of rotatable bonds is 1. The first-order valence-corrected chi connectivity index (χ1v) is 7.43. The fraction of sp³-hybridized carbons (Fsp3) is 0.176. The average molecular weight is 312 g/mol. The molecule has 0 heterocycles. The van der Waals surface area contributed by atoms with Crippen molar-refractivity contribution in [3.63, 3.8) is 0 Å². The van der Waals surface area contributed by atoms with Gasteiger partial charge in [-0.1, -0.05) is 48.5 Å². The standard InChI is InChI=1S/C17H16N2O2S/c1-18-17(22)19-14-10-6-2-3-7-11(10)15(20)12-8-4-5-9-13(12)16(14)21/h2-9,14,16,21H,1H3,(H2,18,19,22)/t14-,16-/m1/s1. The van der Waals surface area contributed by atoms with Gasteiger partial charge in [-0.25, -0.2) is 0 Å². The summed E-state index contributed by atoms with van der Waals surface area (Å²) in [4.78, 5) is 12.8. The Morgan fingerprint density at radius 1 is 1.05 bits per heavy atom. The molecule has 0 radical (unpaired) electrons. The summed E-state index contributed by atoms with van der Waals surface area (Å²) in [5, 5.41) is 17.2. The molecule has 22 heavy (non-hydrogen) atoms. The summed E-state index contributed by atoms with van der Waals surface area (Å²) in [6, 6.07) is 14.0. The molecule has 112 valence electrons. The summed E-state index contributed by atoms with van der Waals surface area (Å²) in [6.07, 6.45) is -0.866. The van der Waals surface area contributed by atoms with E-state index in [1.165, 1.54) is 0 Å². The summed E-state index contributed by atoms with van der Waals surface area (Å²) >= 11 is 5.17. The van der Waals surface area contributed by atoms with Crippen molar-refractivity contribution >= 4 is 23.1 Å². The van der Waals surface area contributed by atoms with Crippen molar-refractivity contribution in [3.8, 4) is 0 Å². The molecule has 2 aromatic carbocycles. The van der Waals surface area contributed by atoms with E-state index in [1.807, 2.05) is 24.3 Å². The number of carbonyl (C=O) groups is 1. The summed E-state index contributed by atoms with van der Waals surface area (Å²) in [6.45, 7) is 0. The van der Waals surface area contributed by atoms with E-state index < -0.39 is 12.1 Å². The van der Waals surface area contributed by atoms with Crippen molar-refractivity contribution in [2.75, 3.05) is 7.05 Å². The van der Waals surface area contributed by atoms with Crippen LogP contribution in [0.4, 0.5) is 0 Å². The van der Waals surface area contributed by atoms with Gasteiger partial charge in [-0.05, 0) is 23.3 Å². The highest BCUT2D eigenvalue weighted by atomic mass is 32.1. The van der Waals surface area contributed by atoms with Crippen molar-refractivity contribution in [1.29, 1.82) is 0 Å². The third kappa shape index (κ3) is 2.38. The van der Waals surface area contributed by atoms with Crippen molar-refractivity contribution in [2.45, 2.75) is 12.1 Å². The Bertz CT molecular complexity index is 745. The lowest BCUT2D eigenvalue weighted by Crippen LogP contribution is -2.38. The third-order valence-corrected chi connectivity index (χ3v) is 4.22. The highest BCUT2D eigenvalue weighted by Crippen LogP contribution is 2.37. The molecule has 0 saturated heterocycles. The maximum atomic E-state index is 12.8. The van der Waals surface area contributed by atoms with Gasteiger partial charge in [0, 0.05) is 18.2 Å². The maximum Gasteiger partial charge on any atom is 0.193 e. The summed E-state index contributed by atoms with van der Waals surface area (Å²) < 4.78 is 0. The van der Waals surface area contributed by atoms with Crippen LogP contribution in [0.15, 0.2) is 48.5 Å². The zero-order valence-corrected chi connectivity index (χ0v) is 12.9. The predicted molar refractivity (Wildman–Crippen MR) is 88.8 cm³/mol. The van der Waals surface area contributed by atoms with Gasteiger partial charge in [-0.15, -0.1) is 0 Å². The number of hydrogen-bond acceptors (Lipinski definition) is 3. The number of ketones is 1. The lowest BCUT2D eigenvalue weighted by atomic mass is 9.96. The van der Waals surface area contributed by atoms with Gasteiger partial charge in [0.25, 0.3) is 0 Å². The van der Waals surface area contributed by atoms with Crippen LogP contribution in [-0.4, -0.2) is 23.0 Å². The van der Waals surface area contributed by atoms with Crippen LogP contribution >= 0.6 is 12.2 Å². The zero-order valence-electron chi connectivity index (χ0n) is 12.0. The first-order valence-electron chi connectivity index (χ1n) is 7.02. The minimum atomic E-state index is -0.866. The minimum absolute atomic E-state index is 0.0788. The van der Waals surface area contributed by atoms with E-state index in [2.05, 4.69) is 10.6 Å². The number of aliphatic hydroxyl groups is 1. The van der Waals surface area contributed by atoms with Gasteiger partial charge in [0.1, 0.15) is 6.10 Å². The Balaban J connectivity index is 2.20. The molecular weight excluding hydrogens is 296 g/mol. The topological polar surface area (TPSA) is 61.4 Å². The van der Waals surface area contributed by atoms with E-state index in [9.17, 15) is 9.90 Å². The molecule has 0 amide bonds. The van der Waals surface area contributed by atoms with Gasteiger partial charge in [0.05, 0.1) is 6.04 Å². The Morgan fingerprint density at radius 2 is 1.59 bits per heavy atom. The molecule has 0 unspecified atom stereocenters. The molecule has 4 nitrogen and oxygen atoms in total. The van der Waals surface area contributed by atoms with Crippen molar-refractivity contribution in [3.05, 3.63) is 70.8 Å². The van der Waals surface area contributed by atoms with E-state index in [4.69, 9.17) is 12.2 Å². The molecule has 2 atom stereocenters. The number of hydrogen-bond donors (Lipinski definition) is 3. The summed E-state index contributed by atoms with van der Waals surface area (Å²) in [7, 11) is 1.71. The van der Waals surface area contributed by atoms with Crippen LogP contribution in [0, 0.1) is 0 Å². The number of nitrogens with one attached hydrogen (secondary N) is 2. The lowest BCUT2D eigenvalue weighted by Gasteiger charge is -2.25. The Kier molecular flexibility index (Phi) is 3.92. The van der Waals surface area contributed by atoms with Crippen LogP contribution in [0.3, 0.4) is 0 Å². The van der Waals surface area contributed by atoms with Crippen LogP contribution in [-0.2, 0) is 0 Å². The fourth-order valence-corrected chi connectivity index (χ4v) is 2.93. The highest BCUT2D eigenvalue weighted by molar-refractivity contribution is 7.80. The van der Waals surface area contributed by atoms with E-state index >= 15 is 0 Å². The first-order chi connectivity index (χ1) is 10.6. The average Bonchev–Trinajstić information content (AvgIpc) is 2.65. The number of carbonyl (C=O) groups excluding carboxylic acids is 1. The first kappa shape index (κ1) is 14.7. The molecule has 3 rings (SSSR count). The van der Waals surface area contributed by atoms with E-state index in [1.54, 1.807) is 31.3 Å². The largest absolute Gasteiger partial charge is 0.386 e. The molecule has 0 fully saturated rings. The zero-order chi connectivity index (χ0) is 15.7. The van der Waals surface area contributed by atoms with E-state index in [0.29, 0.717) is 21.8 Å². The minimum Gasteiger partial charge on any atom is -0.386 e. The summed E-state index contributed by atoms with van der Waals surface area (Å²) in [5.74, 6) is -0.0788. The van der Waals surface area contributed by atoms with Gasteiger partial charge < -0.3 is 15.7 Å². The number of fused-ring (bicyclic) bond motifs is 2. The Morgan fingerprint density at radius 3 is 2.23 bits per heavy atom. The van der Waals surface area contributed by atoms with Gasteiger partial charge in [0.15, 0.2) is 10.9 Å². The molecule has 1 aliphatic carbocycles. The Hall–Kier alpha value is -2.24. The highest BCUT2D eigenvalue weighted by Gasteiger charge is 2.33. The quantitative estimate of drug-likeness (QED) is 0.704. The van der Waals surface area contributed by atoms with Crippen LogP contribution in [0.1, 0.15) is 39.2 Å². The van der Waals surface area contributed by atoms with Crippen LogP contribution < -0.4 is 10.6 Å². The lowest BCUT2D eigenvalue weighted by molar-refractivity contribution is 0.103. The molecule has 3 N–H and O–H groups in total. The van der Waals surface area contributed by atoms with Gasteiger partial charge in [0.2, 0.25) is 0 Å². The molecular formula is C17H16N2O2S. The number of aliphatic hydroxyl groups excluding tert-OH is 1. The molecule has 2 aromatic rings. The van der Waals surface area contributed by atoms with Gasteiger partial charge >= 0.3 is 0 Å². The van der Waals surface area contributed by atoms with Gasteiger partial charge in [-0.2, -0.15) is 0 Å². The molecule has 5 heteroatoms. The third-order valence-electron chi connectivity index (χ3n) is 3.89. The second-order valence-electron chi connectivity index (χ2n) is 5.15. The van der Waals surface area contributed by atoms with Crippen molar-refractivity contribution in [2.24, 2.45) is 0 Å². The molecule has 1 aliphatic rings. The van der Waals surface area contributed by atoms with Crippen LogP contribution in [0.25, 0.3) is 0 Å². The monoisotopic (exact) mass is 312 g/mol. The van der Waals surface area contributed by atoms with Gasteiger partial charge in [-0.3, -0.25) is 4.79 Å². The molecule has 0 spiro atoms. The fourth-order valence-electron chi connectivity index (χ4n) is 2.80. The second-order valence-corrected chi connectivity index (χ2v) is 5.56. The second kappa shape index (κ2) is 5.87. The molecule has 0 bridgehead atoms. The molecule has 0 saturated carbocycles. The normalized spacial score (nSPS) is 19.6. The molecule has 0 aromatic heterocycles. The van der Waals surface area contributed by atoms with E-state index in [-0.39, 0.29) is 5.78 Å². The van der Waals surface area contributed by atoms with Crippen molar-refractivity contribution in [1.82, 2.24) is 10.6 Å². The SMILES string of the molecule is CNC(=S)N[C@@H]1c2ccccc2C(=O)c2ccccc2[C@H]1O. The summed E-state index contributed by atoms with van der Waals surface area (Å²) in [5.41, 5.74) is 2.47. The van der Waals surface area contributed by atoms with E-state index in [0.717, 1.165) is 5.56 Å². The Labute approximate surface area is 134 Å². The number of benzene rings is 2. The van der Waals surface area contributed by atoms with Crippen LogP contribution in [0.2, 0.25) is 0 Å². The maximum absolute atomic E-state index is 12.8. The smallest absolute Gasteiger partial charge is 0.193 e. The predicted octanol–water partition coefficient (Wildman–Crippen LogP) is 2.10. The molecule has 0 aliphatic heterocycles.